The highest BCUT2D eigenvalue weighted by Crippen LogP contribution is 2.51. The van der Waals surface area contributed by atoms with Crippen molar-refractivity contribution in [2.45, 2.75) is 50.5 Å². The number of aliphatic hydroxyl groups is 1. The number of aliphatic hydroxyl groups excluding tert-OH is 1. The second-order valence-corrected chi connectivity index (χ2v) is 10.1. The lowest BCUT2D eigenvalue weighted by molar-refractivity contribution is -0.163. The van der Waals surface area contributed by atoms with Crippen LogP contribution in [0, 0.1) is 17.8 Å². The molecule has 0 aromatic carbocycles. The van der Waals surface area contributed by atoms with Crippen LogP contribution in [0.25, 0.3) is 0 Å². The van der Waals surface area contributed by atoms with Crippen molar-refractivity contribution in [3.05, 3.63) is 10.6 Å². The number of carbonyl (C=O) groups excluding carboxylic acids is 1. The van der Waals surface area contributed by atoms with Gasteiger partial charge in [-0.2, -0.15) is 0 Å². The van der Waals surface area contributed by atoms with Crippen LogP contribution in [-0.4, -0.2) is 82.0 Å². The van der Waals surface area contributed by atoms with E-state index in [0.29, 0.717) is 5.25 Å². The third-order valence-corrected chi connectivity index (χ3v) is 8.35. The quantitative estimate of drug-likeness (QED) is 0.563. The van der Waals surface area contributed by atoms with Crippen LogP contribution in [0.4, 0.5) is 0 Å². The number of thioether (sulfide) groups is 1. The first kappa shape index (κ1) is 20.2. The molecule has 8 heteroatoms. The summed E-state index contributed by atoms with van der Waals surface area (Å²) >= 11 is 1.66. The molecule has 3 N–H and O–H groups in total. The normalized spacial score (nSPS) is 35.2. The molecule has 4 rings (SSSR count). The molecule has 1 amide bonds. The zero-order chi connectivity index (χ0) is 20.0. The number of likely N-dealkylation sites (tertiary alicyclic amines) is 1. The summed E-state index contributed by atoms with van der Waals surface area (Å²) < 4.78 is 0. The number of β-lactam (4-membered cyclic amide) rings is 1. The van der Waals surface area contributed by atoms with Crippen LogP contribution in [0.5, 0.6) is 0 Å². The lowest BCUT2D eigenvalue weighted by atomic mass is 9.79. The number of hydrogen-bond acceptors (Lipinski definition) is 6. The summed E-state index contributed by atoms with van der Waals surface area (Å²) in [4.78, 5) is 29.1. The largest absolute Gasteiger partial charge is 0.477 e. The minimum Gasteiger partial charge on any atom is -0.477 e. The van der Waals surface area contributed by atoms with Crippen molar-refractivity contribution in [2.75, 3.05) is 32.7 Å². The van der Waals surface area contributed by atoms with E-state index in [-0.39, 0.29) is 23.6 Å². The number of nitrogens with one attached hydrogen (secondary N) is 1. The summed E-state index contributed by atoms with van der Waals surface area (Å²) in [5.74, 6) is -1.04. The molecule has 3 fully saturated rings. The van der Waals surface area contributed by atoms with Gasteiger partial charge in [0, 0.05) is 29.2 Å². The van der Waals surface area contributed by atoms with E-state index in [9.17, 15) is 19.8 Å². The topological polar surface area (TPSA) is 93.1 Å². The average Bonchev–Trinajstić information content (AvgIpc) is 3.17. The van der Waals surface area contributed by atoms with Crippen molar-refractivity contribution in [2.24, 2.45) is 17.8 Å². The molecule has 0 aromatic rings. The third kappa shape index (κ3) is 3.49. The van der Waals surface area contributed by atoms with E-state index in [1.54, 1.807) is 18.7 Å². The Bertz CT molecular complexity index is 676. The number of carboxylic acids is 1. The average molecular weight is 410 g/mol. The molecule has 4 aliphatic rings. The lowest BCUT2D eigenvalue weighted by Gasteiger charge is -2.46. The molecule has 0 saturated carbocycles. The Morgan fingerprint density at radius 1 is 1.32 bits per heavy atom. The molecular weight excluding hydrogens is 378 g/mol. The fourth-order valence-corrected chi connectivity index (χ4v) is 6.87. The lowest BCUT2D eigenvalue weighted by Crippen LogP contribution is -2.63. The zero-order valence-corrected chi connectivity index (χ0v) is 17.5. The summed E-state index contributed by atoms with van der Waals surface area (Å²) in [6, 6.07) is -0.214. The van der Waals surface area contributed by atoms with E-state index in [1.807, 2.05) is 6.92 Å². The fraction of sp³-hybridized carbons (Fsp3) is 0.800. The molecule has 7 nitrogen and oxygen atoms in total. The molecule has 0 spiro atoms. The summed E-state index contributed by atoms with van der Waals surface area (Å²) in [7, 11) is 0. The number of carboxylic acid groups (broad SMARTS) is 1. The van der Waals surface area contributed by atoms with Gasteiger partial charge in [-0.25, -0.2) is 4.79 Å². The Morgan fingerprint density at radius 2 is 2.04 bits per heavy atom. The Kier molecular flexibility index (Phi) is 5.75. The molecule has 0 aliphatic carbocycles. The van der Waals surface area contributed by atoms with Gasteiger partial charge in [0.1, 0.15) is 5.70 Å². The number of nitrogens with zero attached hydrogens (tertiary/aromatic N) is 2. The number of amides is 1. The molecule has 156 valence electrons. The highest BCUT2D eigenvalue weighted by Gasteiger charge is 2.60. The van der Waals surface area contributed by atoms with Crippen molar-refractivity contribution in [3.63, 3.8) is 0 Å². The first-order chi connectivity index (χ1) is 13.4. The van der Waals surface area contributed by atoms with Crippen molar-refractivity contribution >= 4 is 23.6 Å². The predicted octanol–water partition coefficient (Wildman–Crippen LogP) is 0.947. The SMILES string of the molecule is CC(O)[C@H]1C(=O)N2C(C(=O)O)=C(S[C@@H]3CCN(CC4CCNCC4)C3)[C@H](C)[C@H]12. The van der Waals surface area contributed by atoms with Gasteiger partial charge in [0.05, 0.1) is 18.1 Å². The van der Waals surface area contributed by atoms with Gasteiger partial charge < -0.3 is 25.3 Å². The van der Waals surface area contributed by atoms with Crippen LogP contribution in [0.15, 0.2) is 10.6 Å². The Morgan fingerprint density at radius 3 is 2.68 bits per heavy atom. The summed E-state index contributed by atoms with van der Waals surface area (Å²) in [5, 5.41) is 23.5. The summed E-state index contributed by atoms with van der Waals surface area (Å²) in [6.07, 6.45) is 2.78. The highest BCUT2D eigenvalue weighted by atomic mass is 32.2. The second kappa shape index (κ2) is 7.97. The van der Waals surface area contributed by atoms with E-state index in [0.717, 1.165) is 50.0 Å². The van der Waals surface area contributed by atoms with Gasteiger partial charge in [-0.15, -0.1) is 11.8 Å². The molecule has 0 radical (unpaired) electrons. The van der Waals surface area contributed by atoms with Gasteiger partial charge in [0.15, 0.2) is 0 Å². The molecule has 5 atom stereocenters. The van der Waals surface area contributed by atoms with Crippen LogP contribution in [0.2, 0.25) is 0 Å². The van der Waals surface area contributed by atoms with E-state index in [1.165, 1.54) is 17.7 Å². The number of carbonyl (C=O) groups is 2. The number of aliphatic carboxylic acids is 1. The molecule has 28 heavy (non-hydrogen) atoms. The third-order valence-electron chi connectivity index (χ3n) is 6.81. The molecule has 0 bridgehead atoms. The first-order valence-corrected chi connectivity index (χ1v) is 11.3. The molecule has 0 aromatic heterocycles. The Hall–Kier alpha value is -1.09. The molecule has 1 unspecified atom stereocenters. The molecular formula is C20H31N3O4S. The molecule has 3 saturated heterocycles. The predicted molar refractivity (Wildman–Crippen MR) is 108 cm³/mol. The van der Waals surface area contributed by atoms with Gasteiger partial charge in [0.25, 0.3) is 0 Å². The second-order valence-electron chi connectivity index (χ2n) is 8.75. The van der Waals surface area contributed by atoms with Crippen LogP contribution in [0.1, 0.15) is 33.1 Å². The highest BCUT2D eigenvalue weighted by molar-refractivity contribution is 8.03. The maximum absolute atomic E-state index is 12.4. The van der Waals surface area contributed by atoms with Crippen molar-refractivity contribution in [1.82, 2.24) is 15.1 Å². The monoisotopic (exact) mass is 409 g/mol. The first-order valence-electron chi connectivity index (χ1n) is 10.5. The Balaban J connectivity index is 1.42. The maximum Gasteiger partial charge on any atom is 0.353 e. The summed E-state index contributed by atoms with van der Waals surface area (Å²) in [6.45, 7) is 9.02. The van der Waals surface area contributed by atoms with Gasteiger partial charge in [-0.05, 0) is 51.7 Å². The van der Waals surface area contributed by atoms with Crippen molar-refractivity contribution < 1.29 is 19.8 Å². The minimum atomic E-state index is -1.03. The van der Waals surface area contributed by atoms with E-state index in [2.05, 4.69) is 10.2 Å². The number of fused-ring (bicyclic) bond motifs is 1. The number of hydrogen-bond donors (Lipinski definition) is 3. The minimum absolute atomic E-state index is 0.0353. The Labute approximate surface area is 170 Å². The van der Waals surface area contributed by atoms with Crippen LogP contribution in [-0.2, 0) is 9.59 Å². The number of rotatable bonds is 6. The summed E-state index contributed by atoms with van der Waals surface area (Å²) in [5.41, 5.74) is 0.154. The standard InChI is InChI=1S/C20H31N3O4S/c1-11-16-15(12(2)24)19(25)23(16)17(20(26)27)18(11)28-14-5-8-22(10-14)9-13-3-6-21-7-4-13/h11-16,21,24H,3-10H2,1-2H3,(H,26,27)/t11-,12?,14-,15-,16-/m1/s1. The van der Waals surface area contributed by atoms with E-state index >= 15 is 0 Å². The molecule has 4 aliphatic heterocycles. The maximum atomic E-state index is 12.4. The van der Waals surface area contributed by atoms with Crippen LogP contribution >= 0.6 is 11.8 Å². The smallest absolute Gasteiger partial charge is 0.353 e. The van der Waals surface area contributed by atoms with Crippen molar-refractivity contribution in [1.29, 1.82) is 0 Å². The van der Waals surface area contributed by atoms with E-state index < -0.39 is 18.0 Å². The van der Waals surface area contributed by atoms with Gasteiger partial charge >= 0.3 is 5.97 Å². The fourth-order valence-electron chi connectivity index (χ4n) is 5.35. The number of piperidine rings is 1. The molecule has 4 heterocycles. The zero-order valence-electron chi connectivity index (χ0n) is 16.6. The van der Waals surface area contributed by atoms with Crippen molar-refractivity contribution in [3.8, 4) is 0 Å². The van der Waals surface area contributed by atoms with Gasteiger partial charge in [0.2, 0.25) is 5.91 Å². The van der Waals surface area contributed by atoms with Crippen LogP contribution < -0.4 is 5.32 Å². The van der Waals surface area contributed by atoms with Crippen LogP contribution in [0.3, 0.4) is 0 Å². The van der Waals surface area contributed by atoms with Gasteiger partial charge in [-0.1, -0.05) is 6.92 Å². The van der Waals surface area contributed by atoms with E-state index in [4.69, 9.17) is 0 Å². The van der Waals surface area contributed by atoms with Gasteiger partial charge in [-0.3, -0.25) is 4.79 Å².